The second-order valence-electron chi connectivity index (χ2n) is 6.84. The first-order chi connectivity index (χ1) is 13.0. The van der Waals surface area contributed by atoms with Gasteiger partial charge >= 0.3 is 0 Å². The maximum atomic E-state index is 12.6. The zero-order valence-electron chi connectivity index (χ0n) is 15.7. The monoisotopic (exact) mass is 382 g/mol. The molecule has 0 atom stereocenters. The van der Waals surface area contributed by atoms with Crippen molar-refractivity contribution in [2.45, 2.75) is 20.8 Å². The molecule has 0 aromatic carbocycles. The molecule has 140 valence electrons. The summed E-state index contributed by atoms with van der Waals surface area (Å²) in [6, 6.07) is 5.95. The standard InChI is InChI=1S/C19H22N6OS/c1-13-8-16(27-11-13)19(26)24-6-4-23(5-7-24)17-10-18(21-12-20-17)25-15(3)9-14(2)22-25/h8-12H,4-7H2,1-3H3. The molecule has 1 amide bonds. The fourth-order valence-corrected chi connectivity index (χ4v) is 4.19. The van der Waals surface area contributed by atoms with Gasteiger partial charge in [-0.05, 0) is 43.8 Å². The fourth-order valence-electron chi connectivity index (χ4n) is 3.32. The van der Waals surface area contributed by atoms with Crippen molar-refractivity contribution in [1.82, 2.24) is 24.6 Å². The normalized spacial score (nSPS) is 14.6. The number of amides is 1. The lowest BCUT2D eigenvalue weighted by atomic mass is 10.2. The first-order valence-electron chi connectivity index (χ1n) is 8.96. The number of aryl methyl sites for hydroxylation is 3. The second-order valence-corrected chi connectivity index (χ2v) is 7.75. The lowest BCUT2D eigenvalue weighted by molar-refractivity contribution is 0.0751. The van der Waals surface area contributed by atoms with Gasteiger partial charge in [0.25, 0.3) is 5.91 Å². The van der Waals surface area contributed by atoms with E-state index in [1.54, 1.807) is 6.33 Å². The van der Waals surface area contributed by atoms with Crippen LogP contribution in [0.4, 0.5) is 5.82 Å². The maximum absolute atomic E-state index is 12.6. The van der Waals surface area contributed by atoms with Gasteiger partial charge in [-0.3, -0.25) is 4.79 Å². The van der Waals surface area contributed by atoms with Crippen LogP contribution in [0, 0.1) is 20.8 Å². The Morgan fingerprint density at radius 2 is 1.74 bits per heavy atom. The molecule has 0 N–H and O–H groups in total. The van der Waals surface area contributed by atoms with E-state index in [1.165, 1.54) is 11.3 Å². The smallest absolute Gasteiger partial charge is 0.264 e. The van der Waals surface area contributed by atoms with E-state index in [0.717, 1.165) is 46.6 Å². The van der Waals surface area contributed by atoms with Crippen LogP contribution in [0.15, 0.2) is 29.9 Å². The zero-order valence-corrected chi connectivity index (χ0v) is 16.5. The Morgan fingerprint density at radius 1 is 1.00 bits per heavy atom. The molecule has 3 aromatic rings. The quantitative estimate of drug-likeness (QED) is 0.697. The molecule has 4 heterocycles. The molecule has 7 nitrogen and oxygen atoms in total. The van der Waals surface area contributed by atoms with Gasteiger partial charge in [0.2, 0.25) is 0 Å². The molecule has 0 spiro atoms. The van der Waals surface area contributed by atoms with Gasteiger partial charge in [0.15, 0.2) is 5.82 Å². The first kappa shape index (κ1) is 17.7. The summed E-state index contributed by atoms with van der Waals surface area (Å²) < 4.78 is 1.83. The van der Waals surface area contributed by atoms with Gasteiger partial charge in [-0.2, -0.15) is 5.10 Å². The molecule has 0 unspecified atom stereocenters. The molecule has 1 aliphatic rings. The number of nitrogens with zero attached hydrogens (tertiary/aromatic N) is 6. The molecule has 27 heavy (non-hydrogen) atoms. The van der Waals surface area contributed by atoms with E-state index in [9.17, 15) is 4.79 Å². The minimum Gasteiger partial charge on any atom is -0.353 e. The van der Waals surface area contributed by atoms with Gasteiger partial charge in [0.05, 0.1) is 10.6 Å². The maximum Gasteiger partial charge on any atom is 0.264 e. The van der Waals surface area contributed by atoms with E-state index in [0.29, 0.717) is 13.1 Å². The van der Waals surface area contributed by atoms with Crippen LogP contribution in [-0.2, 0) is 0 Å². The Kier molecular flexibility index (Phi) is 4.65. The van der Waals surface area contributed by atoms with E-state index in [4.69, 9.17) is 0 Å². The molecule has 4 rings (SSSR count). The van der Waals surface area contributed by atoms with Crippen LogP contribution in [0.3, 0.4) is 0 Å². The highest BCUT2D eigenvalue weighted by Gasteiger charge is 2.24. The molecule has 1 saturated heterocycles. The van der Waals surface area contributed by atoms with Crippen molar-refractivity contribution in [3.05, 3.63) is 51.7 Å². The van der Waals surface area contributed by atoms with Gasteiger partial charge in [-0.25, -0.2) is 14.6 Å². The molecule has 0 aliphatic carbocycles. The third-order valence-corrected chi connectivity index (χ3v) is 5.73. The molecule has 1 aliphatic heterocycles. The lowest BCUT2D eigenvalue weighted by Crippen LogP contribution is -2.49. The van der Waals surface area contributed by atoms with Crippen molar-refractivity contribution in [3.8, 4) is 5.82 Å². The highest BCUT2D eigenvalue weighted by Crippen LogP contribution is 2.20. The average molecular weight is 382 g/mol. The molecule has 0 bridgehead atoms. The van der Waals surface area contributed by atoms with E-state index in [1.807, 2.05) is 53.9 Å². The van der Waals surface area contributed by atoms with Crippen LogP contribution < -0.4 is 4.90 Å². The summed E-state index contributed by atoms with van der Waals surface area (Å²) in [7, 11) is 0. The van der Waals surface area contributed by atoms with Gasteiger partial charge < -0.3 is 9.80 Å². The summed E-state index contributed by atoms with van der Waals surface area (Å²) in [6.07, 6.45) is 1.58. The first-order valence-corrected chi connectivity index (χ1v) is 9.84. The predicted octanol–water partition coefficient (Wildman–Crippen LogP) is 2.61. The second kappa shape index (κ2) is 7.11. The van der Waals surface area contributed by atoms with Crippen molar-refractivity contribution in [2.75, 3.05) is 31.1 Å². The Balaban J connectivity index is 1.46. The summed E-state index contributed by atoms with van der Waals surface area (Å²) in [5.74, 6) is 1.75. The van der Waals surface area contributed by atoms with Gasteiger partial charge in [0, 0.05) is 37.9 Å². The van der Waals surface area contributed by atoms with Crippen LogP contribution in [0.2, 0.25) is 0 Å². The average Bonchev–Trinajstić information content (AvgIpc) is 3.26. The molecule has 0 radical (unpaired) electrons. The van der Waals surface area contributed by atoms with E-state index in [2.05, 4.69) is 20.0 Å². The summed E-state index contributed by atoms with van der Waals surface area (Å²) in [5.41, 5.74) is 3.14. The Labute approximate surface area is 162 Å². The predicted molar refractivity (Wildman–Crippen MR) is 106 cm³/mol. The SMILES string of the molecule is Cc1csc(C(=O)N2CCN(c3cc(-n4nc(C)cc4C)ncn3)CC2)c1. The number of rotatable bonds is 3. The molecule has 0 saturated carbocycles. The van der Waals surface area contributed by atoms with Crippen molar-refractivity contribution in [1.29, 1.82) is 0 Å². The number of thiophene rings is 1. The molecular formula is C19H22N6OS. The number of carbonyl (C=O) groups is 1. The number of anilines is 1. The number of hydrogen-bond donors (Lipinski definition) is 0. The summed E-state index contributed by atoms with van der Waals surface area (Å²) in [6.45, 7) is 8.88. The van der Waals surface area contributed by atoms with Crippen LogP contribution in [0.25, 0.3) is 5.82 Å². The third kappa shape index (κ3) is 3.57. The summed E-state index contributed by atoms with van der Waals surface area (Å²) in [5, 5.41) is 6.51. The highest BCUT2D eigenvalue weighted by atomic mass is 32.1. The number of piperazine rings is 1. The van der Waals surface area contributed by atoms with Crippen LogP contribution >= 0.6 is 11.3 Å². The Hall–Kier alpha value is -2.74. The van der Waals surface area contributed by atoms with E-state index in [-0.39, 0.29) is 5.91 Å². The summed E-state index contributed by atoms with van der Waals surface area (Å²) in [4.78, 5) is 26.3. The van der Waals surface area contributed by atoms with Crippen molar-refractivity contribution in [2.24, 2.45) is 0 Å². The van der Waals surface area contributed by atoms with Gasteiger partial charge in [-0.15, -0.1) is 11.3 Å². The lowest BCUT2D eigenvalue weighted by Gasteiger charge is -2.35. The molecule has 3 aromatic heterocycles. The topological polar surface area (TPSA) is 67.2 Å². The van der Waals surface area contributed by atoms with E-state index < -0.39 is 0 Å². The highest BCUT2D eigenvalue weighted by molar-refractivity contribution is 7.12. The Morgan fingerprint density at radius 3 is 2.37 bits per heavy atom. The van der Waals surface area contributed by atoms with Crippen molar-refractivity contribution >= 4 is 23.1 Å². The third-order valence-electron chi connectivity index (χ3n) is 4.70. The number of aromatic nitrogens is 4. The van der Waals surface area contributed by atoms with Crippen molar-refractivity contribution < 1.29 is 4.79 Å². The minimum atomic E-state index is 0.124. The van der Waals surface area contributed by atoms with E-state index >= 15 is 0 Å². The van der Waals surface area contributed by atoms with Gasteiger partial charge in [0.1, 0.15) is 12.1 Å². The summed E-state index contributed by atoms with van der Waals surface area (Å²) >= 11 is 1.52. The van der Waals surface area contributed by atoms with Gasteiger partial charge in [-0.1, -0.05) is 0 Å². The number of carbonyl (C=O) groups excluding carboxylic acids is 1. The van der Waals surface area contributed by atoms with Crippen LogP contribution in [-0.4, -0.2) is 56.7 Å². The molecule has 8 heteroatoms. The Bertz CT molecular complexity index is 970. The van der Waals surface area contributed by atoms with Crippen molar-refractivity contribution in [3.63, 3.8) is 0 Å². The molecule has 1 fully saturated rings. The largest absolute Gasteiger partial charge is 0.353 e. The molecular weight excluding hydrogens is 360 g/mol. The fraction of sp³-hybridized carbons (Fsp3) is 0.368. The number of hydrogen-bond acceptors (Lipinski definition) is 6. The van der Waals surface area contributed by atoms with Crippen LogP contribution in [0.5, 0.6) is 0 Å². The minimum absolute atomic E-state index is 0.124. The zero-order chi connectivity index (χ0) is 19.0. The van der Waals surface area contributed by atoms with Crippen LogP contribution in [0.1, 0.15) is 26.6 Å².